The lowest BCUT2D eigenvalue weighted by Crippen LogP contribution is -2.06. The van der Waals surface area contributed by atoms with Gasteiger partial charge in [0.2, 0.25) is 0 Å². The molecule has 0 aromatic heterocycles. The van der Waals surface area contributed by atoms with Gasteiger partial charge in [-0.3, -0.25) is 0 Å². The van der Waals surface area contributed by atoms with Gasteiger partial charge in [0, 0.05) is 11.7 Å². The van der Waals surface area contributed by atoms with Crippen molar-refractivity contribution in [3.05, 3.63) is 29.3 Å². The molecule has 1 aliphatic carbocycles. The molecule has 4 N–H and O–H groups in total. The molecule has 1 aliphatic rings. The van der Waals surface area contributed by atoms with Gasteiger partial charge in [-0.2, -0.15) is 0 Å². The topological polar surface area (TPSA) is 52.0 Å². The summed E-state index contributed by atoms with van der Waals surface area (Å²) < 4.78 is 0. The average Bonchev–Trinajstić information content (AvgIpc) is 2.85. The van der Waals surface area contributed by atoms with Gasteiger partial charge in [-0.1, -0.05) is 6.07 Å². The third-order valence-corrected chi connectivity index (χ3v) is 2.57. The molecular formula is C11H17ClN2. The lowest BCUT2D eigenvalue weighted by Gasteiger charge is -2.09. The van der Waals surface area contributed by atoms with Crippen LogP contribution in [-0.4, -0.2) is 0 Å². The first-order valence-electron chi connectivity index (χ1n) is 4.83. The summed E-state index contributed by atoms with van der Waals surface area (Å²) in [7, 11) is 0. The van der Waals surface area contributed by atoms with E-state index in [1.165, 1.54) is 18.4 Å². The fourth-order valence-electron chi connectivity index (χ4n) is 1.62. The molecule has 3 heteroatoms. The van der Waals surface area contributed by atoms with Crippen molar-refractivity contribution in [2.75, 3.05) is 5.73 Å². The summed E-state index contributed by atoms with van der Waals surface area (Å²) in [5.41, 5.74) is 15.0. The molecule has 0 radical (unpaired) electrons. The van der Waals surface area contributed by atoms with Crippen LogP contribution >= 0.6 is 12.4 Å². The average molecular weight is 213 g/mol. The maximum atomic E-state index is 5.82. The minimum absolute atomic E-state index is 0. The Morgan fingerprint density at radius 1 is 1.29 bits per heavy atom. The van der Waals surface area contributed by atoms with Crippen molar-refractivity contribution in [3.63, 3.8) is 0 Å². The Balaban J connectivity index is 0.000000980. The third-order valence-electron chi connectivity index (χ3n) is 2.57. The van der Waals surface area contributed by atoms with Crippen LogP contribution in [0.1, 0.15) is 42.9 Å². The molecule has 1 atom stereocenters. The van der Waals surface area contributed by atoms with E-state index in [0.717, 1.165) is 17.2 Å². The van der Waals surface area contributed by atoms with Gasteiger partial charge in [0.15, 0.2) is 0 Å². The number of rotatable bonds is 2. The molecule has 78 valence electrons. The SMILES string of the molecule is C[C@@H](N)c1cc(N)cc(C2CC2)c1.Cl. The molecule has 1 aromatic carbocycles. The molecule has 0 unspecified atom stereocenters. The summed E-state index contributed by atoms with van der Waals surface area (Å²) >= 11 is 0. The molecule has 2 rings (SSSR count). The van der Waals surface area contributed by atoms with E-state index in [4.69, 9.17) is 11.5 Å². The van der Waals surface area contributed by atoms with E-state index < -0.39 is 0 Å². The standard InChI is InChI=1S/C11H16N2.ClH/c1-7(12)9-4-10(8-2-3-8)6-11(13)5-9;/h4-8H,2-3,12-13H2,1H3;1H/t7-;/m1./s1. The van der Waals surface area contributed by atoms with Crippen molar-refractivity contribution in [1.82, 2.24) is 0 Å². The van der Waals surface area contributed by atoms with E-state index in [9.17, 15) is 0 Å². The van der Waals surface area contributed by atoms with Gasteiger partial charge < -0.3 is 11.5 Å². The maximum absolute atomic E-state index is 5.82. The van der Waals surface area contributed by atoms with Crippen LogP contribution in [0.3, 0.4) is 0 Å². The molecule has 14 heavy (non-hydrogen) atoms. The molecule has 2 nitrogen and oxygen atoms in total. The van der Waals surface area contributed by atoms with Crippen LogP contribution in [0, 0.1) is 0 Å². The second-order valence-corrected chi connectivity index (χ2v) is 4.00. The summed E-state index contributed by atoms with van der Waals surface area (Å²) in [5, 5.41) is 0. The van der Waals surface area contributed by atoms with Crippen molar-refractivity contribution in [1.29, 1.82) is 0 Å². The van der Waals surface area contributed by atoms with Crippen molar-refractivity contribution < 1.29 is 0 Å². The van der Waals surface area contributed by atoms with E-state index in [2.05, 4.69) is 12.1 Å². The largest absolute Gasteiger partial charge is 0.399 e. The summed E-state index contributed by atoms with van der Waals surface area (Å²) in [6, 6.07) is 6.32. The summed E-state index contributed by atoms with van der Waals surface area (Å²) in [6.07, 6.45) is 2.61. The third kappa shape index (κ3) is 2.40. The summed E-state index contributed by atoms with van der Waals surface area (Å²) in [6.45, 7) is 1.99. The van der Waals surface area contributed by atoms with Crippen LogP contribution in [0.2, 0.25) is 0 Å². The highest BCUT2D eigenvalue weighted by molar-refractivity contribution is 5.85. The monoisotopic (exact) mass is 212 g/mol. The number of nitrogens with two attached hydrogens (primary N) is 2. The Morgan fingerprint density at radius 3 is 2.43 bits per heavy atom. The normalized spacial score (nSPS) is 17.3. The van der Waals surface area contributed by atoms with Gasteiger partial charge in [0.25, 0.3) is 0 Å². The Bertz CT molecular complexity index is 299. The fourth-order valence-corrected chi connectivity index (χ4v) is 1.62. The lowest BCUT2D eigenvalue weighted by molar-refractivity contribution is 0.815. The van der Waals surface area contributed by atoms with Crippen LogP contribution in [0.5, 0.6) is 0 Å². The van der Waals surface area contributed by atoms with E-state index >= 15 is 0 Å². The number of nitrogen functional groups attached to an aromatic ring is 1. The second kappa shape index (κ2) is 4.20. The zero-order valence-corrected chi connectivity index (χ0v) is 9.18. The molecule has 1 fully saturated rings. The fraction of sp³-hybridized carbons (Fsp3) is 0.455. The van der Waals surface area contributed by atoms with Crippen LogP contribution < -0.4 is 11.5 Å². The van der Waals surface area contributed by atoms with Crippen molar-refractivity contribution in [2.24, 2.45) is 5.73 Å². The highest BCUT2D eigenvalue weighted by Crippen LogP contribution is 2.41. The zero-order valence-electron chi connectivity index (χ0n) is 8.36. The quantitative estimate of drug-likeness (QED) is 0.741. The van der Waals surface area contributed by atoms with Gasteiger partial charge in [0.05, 0.1) is 0 Å². The zero-order chi connectivity index (χ0) is 9.42. The van der Waals surface area contributed by atoms with E-state index in [0.29, 0.717) is 0 Å². The van der Waals surface area contributed by atoms with Crippen molar-refractivity contribution in [2.45, 2.75) is 31.7 Å². The van der Waals surface area contributed by atoms with Gasteiger partial charge in [-0.15, -0.1) is 12.4 Å². The first-order valence-corrected chi connectivity index (χ1v) is 4.83. The first kappa shape index (κ1) is 11.3. The van der Waals surface area contributed by atoms with Gasteiger partial charge >= 0.3 is 0 Å². The van der Waals surface area contributed by atoms with Crippen LogP contribution in [0.15, 0.2) is 18.2 Å². The predicted molar refractivity (Wildman–Crippen MR) is 62.7 cm³/mol. The van der Waals surface area contributed by atoms with Crippen LogP contribution in [0.25, 0.3) is 0 Å². The van der Waals surface area contributed by atoms with E-state index in [1.807, 2.05) is 13.0 Å². The van der Waals surface area contributed by atoms with Crippen LogP contribution in [-0.2, 0) is 0 Å². The Morgan fingerprint density at radius 2 is 1.93 bits per heavy atom. The predicted octanol–water partition coefficient (Wildman–Crippen LogP) is 2.59. The van der Waals surface area contributed by atoms with Crippen LogP contribution in [0.4, 0.5) is 5.69 Å². The summed E-state index contributed by atoms with van der Waals surface area (Å²) in [5.74, 6) is 0.751. The van der Waals surface area contributed by atoms with E-state index in [-0.39, 0.29) is 18.4 Å². The molecule has 0 saturated heterocycles. The minimum atomic E-state index is 0. The minimum Gasteiger partial charge on any atom is -0.399 e. The molecule has 1 aromatic rings. The number of anilines is 1. The molecular weight excluding hydrogens is 196 g/mol. The molecule has 0 spiro atoms. The van der Waals surface area contributed by atoms with Gasteiger partial charge in [0.1, 0.15) is 0 Å². The lowest BCUT2D eigenvalue weighted by atomic mass is 10.0. The van der Waals surface area contributed by atoms with Crippen molar-refractivity contribution >= 4 is 18.1 Å². The molecule has 0 amide bonds. The second-order valence-electron chi connectivity index (χ2n) is 4.00. The summed E-state index contributed by atoms with van der Waals surface area (Å²) in [4.78, 5) is 0. The Hall–Kier alpha value is -0.730. The van der Waals surface area contributed by atoms with Crippen molar-refractivity contribution in [3.8, 4) is 0 Å². The number of hydrogen-bond acceptors (Lipinski definition) is 2. The smallest absolute Gasteiger partial charge is 0.0320 e. The number of hydrogen-bond donors (Lipinski definition) is 2. The molecule has 0 aliphatic heterocycles. The molecule has 0 bridgehead atoms. The van der Waals surface area contributed by atoms with E-state index in [1.54, 1.807) is 0 Å². The highest BCUT2D eigenvalue weighted by atomic mass is 35.5. The Labute approximate surface area is 91.1 Å². The first-order chi connectivity index (χ1) is 6.16. The maximum Gasteiger partial charge on any atom is 0.0320 e. The van der Waals surface area contributed by atoms with Gasteiger partial charge in [-0.25, -0.2) is 0 Å². The Kier molecular flexibility index (Phi) is 3.40. The number of benzene rings is 1. The number of halogens is 1. The molecule has 1 saturated carbocycles. The van der Waals surface area contributed by atoms with Gasteiger partial charge in [-0.05, 0) is 48.9 Å². The molecule has 0 heterocycles. The highest BCUT2D eigenvalue weighted by Gasteiger charge is 2.24.